The van der Waals surface area contributed by atoms with Crippen LogP contribution >= 0.6 is 0 Å². The van der Waals surface area contributed by atoms with Gasteiger partial charge in [0.25, 0.3) is 5.91 Å². The number of benzene rings is 2. The molecule has 3 aromatic rings. The molecule has 26 heavy (non-hydrogen) atoms. The number of carbonyl (C=O) groups excluding carboxylic acids is 1. The van der Waals surface area contributed by atoms with Gasteiger partial charge in [-0.2, -0.15) is 0 Å². The number of nitrogens with one attached hydrogen (secondary N) is 1. The number of fused-ring (bicyclic) bond motifs is 6. The monoisotopic (exact) mass is 351 g/mol. The molecule has 2 aliphatic rings. The van der Waals surface area contributed by atoms with Gasteiger partial charge in [0, 0.05) is 23.5 Å². The molecule has 5 rings (SSSR count). The average Bonchev–Trinajstić information content (AvgIpc) is 3.24. The average molecular weight is 351 g/mol. The van der Waals surface area contributed by atoms with Crippen molar-refractivity contribution in [1.82, 2.24) is 9.97 Å². The molecular weight excluding hydrogens is 336 g/mol. The second kappa shape index (κ2) is 5.56. The molecule has 1 saturated carbocycles. The van der Waals surface area contributed by atoms with Crippen LogP contribution in [-0.2, 0) is 0 Å². The van der Waals surface area contributed by atoms with E-state index in [2.05, 4.69) is 5.32 Å². The van der Waals surface area contributed by atoms with Gasteiger partial charge >= 0.3 is 0 Å². The fourth-order valence-corrected chi connectivity index (χ4v) is 4.09. The molecule has 1 N–H and O–H groups in total. The molecule has 2 atom stereocenters. The summed E-state index contributed by atoms with van der Waals surface area (Å²) in [5.41, 5.74) is 3.91. The van der Waals surface area contributed by atoms with Crippen LogP contribution in [0.5, 0.6) is 0 Å². The van der Waals surface area contributed by atoms with Crippen molar-refractivity contribution in [2.45, 2.75) is 31.1 Å². The summed E-state index contributed by atoms with van der Waals surface area (Å²) in [5, 5.41) is 2.47. The van der Waals surface area contributed by atoms with E-state index >= 15 is 0 Å². The summed E-state index contributed by atoms with van der Waals surface area (Å²) in [4.78, 5) is 21.9. The van der Waals surface area contributed by atoms with Crippen LogP contribution in [0.15, 0.2) is 36.4 Å². The largest absolute Gasteiger partial charge is 0.319 e. The van der Waals surface area contributed by atoms with Gasteiger partial charge in [-0.25, -0.2) is 18.7 Å². The highest BCUT2D eigenvalue weighted by Crippen LogP contribution is 2.51. The lowest BCUT2D eigenvalue weighted by Crippen LogP contribution is -2.13. The predicted octanol–water partition coefficient (Wildman–Crippen LogP) is 4.53. The van der Waals surface area contributed by atoms with Crippen LogP contribution in [0.25, 0.3) is 11.0 Å². The molecule has 6 heteroatoms. The van der Waals surface area contributed by atoms with E-state index < -0.39 is 17.5 Å². The van der Waals surface area contributed by atoms with Crippen molar-refractivity contribution in [2.75, 3.05) is 5.32 Å². The molecule has 2 bridgehead atoms. The summed E-state index contributed by atoms with van der Waals surface area (Å²) in [7, 11) is 0. The number of amides is 1. The van der Waals surface area contributed by atoms with Crippen molar-refractivity contribution in [3.8, 4) is 0 Å². The lowest BCUT2D eigenvalue weighted by molar-refractivity contribution is 0.102. The predicted molar refractivity (Wildman–Crippen MR) is 93.2 cm³/mol. The fourth-order valence-electron chi connectivity index (χ4n) is 4.09. The smallest absolute Gasteiger partial charge is 0.255 e. The van der Waals surface area contributed by atoms with Crippen molar-refractivity contribution in [3.05, 3.63) is 65.0 Å². The number of halogens is 2. The number of anilines is 1. The Labute approximate surface area is 148 Å². The highest BCUT2D eigenvalue weighted by atomic mass is 19.1. The van der Waals surface area contributed by atoms with Crippen molar-refractivity contribution >= 4 is 22.6 Å². The summed E-state index contributed by atoms with van der Waals surface area (Å²) in [6.07, 6.45) is 3.46. The summed E-state index contributed by atoms with van der Waals surface area (Å²) in [5.74, 6) is -0.965. The van der Waals surface area contributed by atoms with E-state index in [1.54, 1.807) is 18.2 Å². The van der Waals surface area contributed by atoms with Gasteiger partial charge in [0.15, 0.2) is 0 Å². The Balaban J connectivity index is 1.48. The van der Waals surface area contributed by atoms with E-state index in [9.17, 15) is 13.6 Å². The normalized spacial score (nSPS) is 20.4. The van der Waals surface area contributed by atoms with Crippen LogP contribution in [0.4, 0.5) is 14.5 Å². The van der Waals surface area contributed by atoms with E-state index in [1.807, 2.05) is 0 Å². The molecule has 4 nitrogen and oxygen atoms in total. The third kappa shape index (κ3) is 2.36. The minimum Gasteiger partial charge on any atom is -0.319 e. The lowest BCUT2D eigenvalue weighted by atomic mass is 10.00. The molecule has 1 aromatic heterocycles. The Morgan fingerprint density at radius 1 is 0.962 bits per heavy atom. The number of rotatable bonds is 2. The molecule has 0 spiro atoms. The second-order valence-corrected chi connectivity index (χ2v) is 6.98. The van der Waals surface area contributed by atoms with Crippen LogP contribution in [0.3, 0.4) is 0 Å². The van der Waals surface area contributed by atoms with Gasteiger partial charge in [0.1, 0.15) is 11.6 Å². The number of hydrogen-bond acceptors (Lipinski definition) is 3. The molecule has 1 heterocycles. The van der Waals surface area contributed by atoms with Crippen LogP contribution in [0.2, 0.25) is 0 Å². The Kier molecular flexibility index (Phi) is 3.29. The van der Waals surface area contributed by atoms with E-state index in [-0.39, 0.29) is 5.69 Å². The molecule has 130 valence electrons. The maximum Gasteiger partial charge on any atom is 0.255 e. The van der Waals surface area contributed by atoms with E-state index in [1.165, 1.54) is 12.5 Å². The first-order valence-corrected chi connectivity index (χ1v) is 8.66. The zero-order valence-electron chi connectivity index (χ0n) is 13.8. The van der Waals surface area contributed by atoms with Crippen LogP contribution in [0, 0.1) is 11.6 Å². The molecule has 2 aliphatic carbocycles. The molecule has 0 aliphatic heterocycles. The Morgan fingerprint density at radius 3 is 2.42 bits per heavy atom. The lowest BCUT2D eigenvalue weighted by Gasteiger charge is -2.14. The molecule has 1 amide bonds. The number of aromatic nitrogens is 2. The van der Waals surface area contributed by atoms with E-state index in [0.29, 0.717) is 22.9 Å². The maximum absolute atomic E-state index is 13.7. The minimum absolute atomic E-state index is 0.0613. The molecule has 2 aromatic carbocycles. The standard InChI is InChI=1S/C20H15F2N3O/c21-13-4-6-15(14(22)9-13)25-20(26)12-3-5-16-17(8-12)24-19-11-2-1-10(7-11)18(19)23-16/h3-6,8-11H,1-2,7H2,(H,25,26). The van der Waals surface area contributed by atoms with Crippen molar-refractivity contribution in [1.29, 1.82) is 0 Å². The van der Waals surface area contributed by atoms with Gasteiger partial charge in [-0.05, 0) is 49.6 Å². The summed E-state index contributed by atoms with van der Waals surface area (Å²) in [6.45, 7) is 0. The zero-order chi connectivity index (χ0) is 17.8. The second-order valence-electron chi connectivity index (χ2n) is 6.98. The first-order chi connectivity index (χ1) is 12.6. The van der Waals surface area contributed by atoms with Crippen LogP contribution < -0.4 is 5.32 Å². The van der Waals surface area contributed by atoms with Crippen LogP contribution in [-0.4, -0.2) is 15.9 Å². The molecular formula is C20H15F2N3O. The number of hydrogen-bond donors (Lipinski definition) is 1. The third-order valence-corrected chi connectivity index (χ3v) is 5.37. The SMILES string of the molecule is O=C(Nc1ccc(F)cc1F)c1ccc2nc3c(nc2c1)C1CCC3C1. The molecule has 0 radical (unpaired) electrons. The zero-order valence-corrected chi connectivity index (χ0v) is 13.8. The topological polar surface area (TPSA) is 54.9 Å². The van der Waals surface area contributed by atoms with Gasteiger partial charge in [-0.15, -0.1) is 0 Å². The highest BCUT2D eigenvalue weighted by Gasteiger charge is 2.39. The quantitative estimate of drug-likeness (QED) is 0.738. The van der Waals surface area contributed by atoms with Gasteiger partial charge in [-0.1, -0.05) is 0 Å². The fraction of sp³-hybridized carbons (Fsp3) is 0.250. The summed E-state index contributed by atoms with van der Waals surface area (Å²) < 4.78 is 26.7. The Hall–Kier alpha value is -2.89. The number of nitrogens with zero attached hydrogens (tertiary/aromatic N) is 2. The van der Waals surface area contributed by atoms with Gasteiger partial charge < -0.3 is 5.32 Å². The third-order valence-electron chi connectivity index (χ3n) is 5.37. The first kappa shape index (κ1) is 15.4. The minimum atomic E-state index is -0.812. The first-order valence-electron chi connectivity index (χ1n) is 8.66. The van der Waals surface area contributed by atoms with Gasteiger partial charge in [0.05, 0.1) is 28.1 Å². The maximum atomic E-state index is 13.7. The number of carbonyl (C=O) groups is 1. The highest BCUT2D eigenvalue weighted by molar-refractivity contribution is 6.05. The van der Waals surface area contributed by atoms with E-state index in [0.717, 1.165) is 41.9 Å². The van der Waals surface area contributed by atoms with Crippen LogP contribution in [0.1, 0.15) is 52.8 Å². The van der Waals surface area contributed by atoms with Crippen molar-refractivity contribution < 1.29 is 13.6 Å². The molecule has 2 unspecified atom stereocenters. The Morgan fingerprint density at radius 2 is 1.69 bits per heavy atom. The summed E-state index contributed by atoms with van der Waals surface area (Å²) in [6, 6.07) is 8.12. The summed E-state index contributed by atoms with van der Waals surface area (Å²) >= 11 is 0. The van der Waals surface area contributed by atoms with Gasteiger partial charge in [-0.3, -0.25) is 4.79 Å². The molecule has 1 fully saturated rings. The molecule has 0 saturated heterocycles. The van der Waals surface area contributed by atoms with E-state index in [4.69, 9.17) is 9.97 Å². The van der Waals surface area contributed by atoms with Crippen molar-refractivity contribution in [2.24, 2.45) is 0 Å². The van der Waals surface area contributed by atoms with Gasteiger partial charge in [0.2, 0.25) is 0 Å². The Bertz CT molecular complexity index is 1070. The van der Waals surface area contributed by atoms with Crippen molar-refractivity contribution in [3.63, 3.8) is 0 Å².